The van der Waals surface area contributed by atoms with E-state index < -0.39 is 0 Å². The summed E-state index contributed by atoms with van der Waals surface area (Å²) >= 11 is 0. The highest BCUT2D eigenvalue weighted by Crippen LogP contribution is 2.29. The Balaban J connectivity index is 2.29. The number of morpholine rings is 1. The number of methoxy groups -OCH3 is 1. The van der Waals surface area contributed by atoms with Crippen molar-refractivity contribution in [2.45, 2.75) is 19.1 Å². The quantitative estimate of drug-likeness (QED) is 0.817. The summed E-state index contributed by atoms with van der Waals surface area (Å²) in [5.41, 5.74) is 1.09. The summed E-state index contributed by atoms with van der Waals surface area (Å²) in [6.07, 6.45) is -0.102. The van der Waals surface area contributed by atoms with Crippen molar-refractivity contribution in [1.29, 1.82) is 0 Å². The zero-order valence-corrected chi connectivity index (χ0v) is 10.8. The minimum absolute atomic E-state index is 0.0580. The predicted octanol–water partition coefficient (Wildman–Crippen LogP) is 1.62. The van der Waals surface area contributed by atoms with Crippen molar-refractivity contribution in [3.8, 4) is 0 Å². The molecule has 0 spiro atoms. The van der Waals surface area contributed by atoms with Crippen molar-refractivity contribution in [2.24, 2.45) is 0 Å². The van der Waals surface area contributed by atoms with E-state index in [1.807, 2.05) is 35.2 Å². The number of ether oxygens (including phenoxy) is 2. The van der Waals surface area contributed by atoms with Crippen molar-refractivity contribution in [3.63, 3.8) is 0 Å². The van der Waals surface area contributed by atoms with Crippen LogP contribution in [0.15, 0.2) is 30.3 Å². The zero-order valence-electron chi connectivity index (χ0n) is 10.8. The number of rotatable bonds is 3. The third-order valence-corrected chi connectivity index (χ3v) is 3.23. The summed E-state index contributed by atoms with van der Waals surface area (Å²) in [6.45, 7) is 3.29. The second-order valence-electron chi connectivity index (χ2n) is 4.43. The van der Waals surface area contributed by atoms with E-state index >= 15 is 0 Å². The smallest absolute Gasteiger partial charge is 0.220 e. The maximum Gasteiger partial charge on any atom is 0.220 e. The summed E-state index contributed by atoms with van der Waals surface area (Å²) in [6, 6.07) is 9.92. The van der Waals surface area contributed by atoms with Crippen LogP contribution in [0.5, 0.6) is 0 Å². The Morgan fingerprint density at radius 2 is 2.17 bits per heavy atom. The molecule has 4 nitrogen and oxygen atoms in total. The van der Waals surface area contributed by atoms with Crippen LogP contribution in [-0.4, -0.2) is 43.8 Å². The SMILES string of the molecule is COC[C@@H]1OCCN(C(C)=O)[C@H]1c1ccccc1. The van der Waals surface area contributed by atoms with Gasteiger partial charge in [0, 0.05) is 20.6 Å². The molecule has 0 aliphatic carbocycles. The second kappa shape index (κ2) is 5.98. The number of hydrogen-bond acceptors (Lipinski definition) is 3. The fourth-order valence-electron chi connectivity index (χ4n) is 2.44. The molecule has 1 amide bonds. The Kier molecular flexibility index (Phi) is 4.33. The molecule has 0 aromatic heterocycles. The van der Waals surface area contributed by atoms with E-state index in [-0.39, 0.29) is 18.1 Å². The molecular formula is C14H19NO3. The predicted molar refractivity (Wildman–Crippen MR) is 68.2 cm³/mol. The third kappa shape index (κ3) is 2.71. The number of carbonyl (C=O) groups is 1. The average Bonchev–Trinajstić information content (AvgIpc) is 2.40. The van der Waals surface area contributed by atoms with Crippen molar-refractivity contribution in [3.05, 3.63) is 35.9 Å². The lowest BCUT2D eigenvalue weighted by molar-refractivity contribution is -0.148. The van der Waals surface area contributed by atoms with E-state index in [1.165, 1.54) is 0 Å². The molecule has 18 heavy (non-hydrogen) atoms. The van der Waals surface area contributed by atoms with Gasteiger partial charge in [-0.25, -0.2) is 0 Å². The highest BCUT2D eigenvalue weighted by atomic mass is 16.5. The van der Waals surface area contributed by atoms with Gasteiger partial charge in [0.05, 0.1) is 19.3 Å². The highest BCUT2D eigenvalue weighted by Gasteiger charge is 2.34. The minimum Gasteiger partial charge on any atom is -0.382 e. The Labute approximate surface area is 107 Å². The van der Waals surface area contributed by atoms with Crippen LogP contribution in [0.2, 0.25) is 0 Å². The van der Waals surface area contributed by atoms with E-state index in [2.05, 4.69) is 0 Å². The van der Waals surface area contributed by atoms with Gasteiger partial charge in [0.15, 0.2) is 0 Å². The van der Waals surface area contributed by atoms with Crippen molar-refractivity contribution >= 4 is 5.91 Å². The van der Waals surface area contributed by atoms with Crippen LogP contribution in [0.4, 0.5) is 0 Å². The van der Waals surface area contributed by atoms with Crippen LogP contribution in [0.25, 0.3) is 0 Å². The Hall–Kier alpha value is -1.39. The third-order valence-electron chi connectivity index (χ3n) is 3.23. The maximum atomic E-state index is 11.8. The molecule has 98 valence electrons. The van der Waals surface area contributed by atoms with Gasteiger partial charge in [-0.3, -0.25) is 4.79 Å². The topological polar surface area (TPSA) is 38.8 Å². The normalized spacial score (nSPS) is 24.0. The summed E-state index contributed by atoms with van der Waals surface area (Å²) in [7, 11) is 1.65. The lowest BCUT2D eigenvalue weighted by Gasteiger charge is -2.40. The van der Waals surface area contributed by atoms with Gasteiger partial charge in [0.1, 0.15) is 6.10 Å². The summed E-state index contributed by atoms with van der Waals surface area (Å²) < 4.78 is 10.9. The molecule has 0 radical (unpaired) electrons. The van der Waals surface area contributed by atoms with Crippen LogP contribution in [0.1, 0.15) is 18.5 Å². The fourth-order valence-corrected chi connectivity index (χ4v) is 2.44. The fraction of sp³-hybridized carbons (Fsp3) is 0.500. The number of carbonyl (C=O) groups excluding carboxylic acids is 1. The van der Waals surface area contributed by atoms with Crippen molar-refractivity contribution < 1.29 is 14.3 Å². The summed E-state index contributed by atoms with van der Waals surface area (Å²) in [5.74, 6) is 0.0771. The first-order valence-electron chi connectivity index (χ1n) is 6.16. The Morgan fingerprint density at radius 3 is 2.78 bits per heavy atom. The van der Waals surface area contributed by atoms with Crippen LogP contribution in [0.3, 0.4) is 0 Å². The first kappa shape index (κ1) is 13.1. The average molecular weight is 249 g/mol. The van der Waals surface area contributed by atoms with E-state index in [0.717, 1.165) is 5.56 Å². The summed E-state index contributed by atoms with van der Waals surface area (Å²) in [4.78, 5) is 13.6. The molecule has 0 N–H and O–H groups in total. The van der Waals surface area contributed by atoms with Gasteiger partial charge in [-0.15, -0.1) is 0 Å². The number of nitrogens with zero attached hydrogens (tertiary/aromatic N) is 1. The molecule has 2 rings (SSSR count). The van der Waals surface area contributed by atoms with E-state index in [0.29, 0.717) is 19.8 Å². The standard InChI is InChI=1S/C14H19NO3/c1-11(16)15-8-9-18-13(10-17-2)14(15)12-6-4-3-5-7-12/h3-7,13-14H,8-10H2,1-2H3/t13-,14-/m0/s1. The molecule has 0 bridgehead atoms. The van der Waals surface area contributed by atoms with Gasteiger partial charge in [0.25, 0.3) is 0 Å². The molecular weight excluding hydrogens is 230 g/mol. The molecule has 1 aliphatic heterocycles. The van der Waals surface area contributed by atoms with Crippen LogP contribution in [-0.2, 0) is 14.3 Å². The van der Waals surface area contributed by atoms with Crippen LogP contribution >= 0.6 is 0 Å². The molecule has 0 unspecified atom stereocenters. The largest absolute Gasteiger partial charge is 0.382 e. The van der Waals surface area contributed by atoms with Gasteiger partial charge in [-0.1, -0.05) is 30.3 Å². The number of benzene rings is 1. The first-order chi connectivity index (χ1) is 8.74. The Morgan fingerprint density at radius 1 is 1.44 bits per heavy atom. The molecule has 2 atom stereocenters. The number of amides is 1. The van der Waals surface area contributed by atoms with E-state index in [1.54, 1.807) is 14.0 Å². The summed E-state index contributed by atoms with van der Waals surface area (Å²) in [5, 5.41) is 0. The molecule has 1 aliphatic rings. The van der Waals surface area contributed by atoms with Crippen molar-refractivity contribution in [2.75, 3.05) is 26.9 Å². The van der Waals surface area contributed by atoms with Crippen molar-refractivity contribution in [1.82, 2.24) is 4.90 Å². The maximum absolute atomic E-state index is 11.8. The molecule has 4 heteroatoms. The molecule has 1 aromatic carbocycles. The van der Waals surface area contributed by atoms with Crippen LogP contribution in [0, 0.1) is 0 Å². The molecule has 1 fully saturated rings. The lowest BCUT2D eigenvalue weighted by atomic mass is 9.98. The van der Waals surface area contributed by atoms with Gasteiger partial charge in [-0.2, -0.15) is 0 Å². The number of hydrogen-bond donors (Lipinski definition) is 0. The van der Waals surface area contributed by atoms with E-state index in [9.17, 15) is 4.79 Å². The zero-order chi connectivity index (χ0) is 13.0. The van der Waals surface area contributed by atoms with Gasteiger partial charge in [-0.05, 0) is 5.56 Å². The minimum atomic E-state index is -0.102. The van der Waals surface area contributed by atoms with E-state index in [4.69, 9.17) is 9.47 Å². The highest BCUT2D eigenvalue weighted by molar-refractivity contribution is 5.74. The van der Waals surface area contributed by atoms with Crippen LogP contribution < -0.4 is 0 Å². The molecule has 0 saturated carbocycles. The molecule has 1 aromatic rings. The molecule has 1 heterocycles. The van der Waals surface area contributed by atoms with Gasteiger partial charge >= 0.3 is 0 Å². The first-order valence-corrected chi connectivity index (χ1v) is 6.16. The Bertz CT molecular complexity index is 391. The molecule has 1 saturated heterocycles. The lowest BCUT2D eigenvalue weighted by Crippen LogP contribution is -2.48. The second-order valence-corrected chi connectivity index (χ2v) is 4.43. The van der Waals surface area contributed by atoms with Gasteiger partial charge in [0.2, 0.25) is 5.91 Å². The monoisotopic (exact) mass is 249 g/mol. The van der Waals surface area contributed by atoms with Gasteiger partial charge < -0.3 is 14.4 Å².